The van der Waals surface area contributed by atoms with Crippen LogP contribution in [0.2, 0.25) is 5.02 Å². The molecule has 154 valence electrons. The van der Waals surface area contributed by atoms with Gasteiger partial charge in [-0.05, 0) is 40.4 Å². The second-order valence-corrected chi connectivity index (χ2v) is 7.04. The van der Waals surface area contributed by atoms with E-state index in [9.17, 15) is 8.78 Å². The van der Waals surface area contributed by atoms with Gasteiger partial charge in [0.15, 0.2) is 0 Å². The molecule has 0 aliphatic heterocycles. The molecular weight excluding hydrogens is 428 g/mol. The number of tetrazole rings is 1. The molecule has 0 atom stereocenters. The van der Waals surface area contributed by atoms with Crippen LogP contribution in [0.5, 0.6) is 0 Å². The van der Waals surface area contributed by atoms with Crippen molar-refractivity contribution < 1.29 is 13.2 Å². The van der Waals surface area contributed by atoms with Crippen LogP contribution in [0.3, 0.4) is 0 Å². The maximum atomic E-state index is 12.6. The molecule has 0 aliphatic carbocycles. The van der Waals surface area contributed by atoms with Crippen molar-refractivity contribution in [3.63, 3.8) is 0 Å². The van der Waals surface area contributed by atoms with Crippen molar-refractivity contribution in [1.82, 2.24) is 35.4 Å². The smallest absolute Gasteiger partial charge is 0.314 e. The minimum atomic E-state index is -2.83. The maximum absolute atomic E-state index is 12.6. The molecule has 3 aromatic heterocycles. The highest BCUT2D eigenvalue weighted by atomic mass is 35.5. The molecule has 0 aliphatic rings. The lowest BCUT2D eigenvalue weighted by Gasteiger charge is -2.04. The lowest BCUT2D eigenvalue weighted by Crippen LogP contribution is -2.04. The van der Waals surface area contributed by atoms with Crippen molar-refractivity contribution in [3.05, 3.63) is 71.3 Å². The fourth-order valence-electron chi connectivity index (χ4n) is 3.05. The van der Waals surface area contributed by atoms with Gasteiger partial charge in [-0.3, -0.25) is 4.98 Å². The Hall–Kier alpha value is -3.79. The molecule has 0 N–H and O–H groups in total. The van der Waals surface area contributed by atoms with Crippen molar-refractivity contribution >= 4 is 22.4 Å². The number of aromatic nitrogens is 7. The largest absolute Gasteiger partial charge is 0.415 e. The van der Waals surface area contributed by atoms with E-state index in [1.807, 2.05) is 24.3 Å². The Morgan fingerprint density at radius 2 is 1.84 bits per heavy atom. The van der Waals surface area contributed by atoms with Gasteiger partial charge < -0.3 is 4.42 Å². The molecule has 0 bridgehead atoms. The van der Waals surface area contributed by atoms with Gasteiger partial charge in [0.05, 0.1) is 6.54 Å². The van der Waals surface area contributed by atoms with E-state index in [2.05, 4.69) is 30.6 Å². The number of alkyl halides is 2. The molecule has 0 fully saturated rings. The van der Waals surface area contributed by atoms with Crippen LogP contribution in [0.1, 0.15) is 17.9 Å². The summed E-state index contributed by atoms with van der Waals surface area (Å²) in [7, 11) is 0. The topological polar surface area (TPSA) is 95.4 Å². The zero-order valence-corrected chi connectivity index (χ0v) is 16.4. The zero-order chi connectivity index (χ0) is 21.4. The number of hydrogen-bond donors (Lipinski definition) is 0. The maximum Gasteiger partial charge on any atom is 0.314 e. The Labute approximate surface area is 178 Å². The SMILES string of the molecule is FC(F)c1nnc(-c2ccc(Cn3nnc(-c4ccc5cnccc5c4)n3)c(Cl)c2)o1. The fourth-order valence-corrected chi connectivity index (χ4v) is 3.29. The quantitative estimate of drug-likeness (QED) is 0.395. The van der Waals surface area contributed by atoms with E-state index >= 15 is 0 Å². The van der Waals surface area contributed by atoms with Crippen molar-refractivity contribution in [1.29, 1.82) is 0 Å². The van der Waals surface area contributed by atoms with Gasteiger partial charge in [-0.1, -0.05) is 29.8 Å². The van der Waals surface area contributed by atoms with E-state index in [-0.39, 0.29) is 12.4 Å². The van der Waals surface area contributed by atoms with E-state index < -0.39 is 12.3 Å². The van der Waals surface area contributed by atoms with Crippen LogP contribution in [0, 0.1) is 0 Å². The predicted molar refractivity (Wildman–Crippen MR) is 107 cm³/mol. The average molecular weight is 440 g/mol. The number of nitrogens with zero attached hydrogens (tertiary/aromatic N) is 7. The standard InChI is InChI=1S/C20H12ClF2N7O/c21-16-8-13(19-26-27-20(31-19)17(22)23)2-4-15(16)10-30-28-18(25-29-30)12-1-3-14-9-24-6-5-11(14)7-12/h1-9,17H,10H2. The summed E-state index contributed by atoms with van der Waals surface area (Å²) in [4.78, 5) is 5.53. The Morgan fingerprint density at radius 1 is 0.968 bits per heavy atom. The molecule has 0 amide bonds. The van der Waals surface area contributed by atoms with Gasteiger partial charge in [0.25, 0.3) is 5.89 Å². The van der Waals surface area contributed by atoms with Crippen LogP contribution in [0.4, 0.5) is 8.78 Å². The van der Waals surface area contributed by atoms with Gasteiger partial charge in [-0.15, -0.1) is 20.4 Å². The van der Waals surface area contributed by atoms with E-state index in [1.165, 1.54) is 4.80 Å². The minimum Gasteiger partial charge on any atom is -0.415 e. The van der Waals surface area contributed by atoms with Gasteiger partial charge in [0, 0.05) is 33.9 Å². The Kier molecular flexibility index (Phi) is 4.83. The second-order valence-electron chi connectivity index (χ2n) is 6.63. The average Bonchev–Trinajstić information content (AvgIpc) is 3.45. The number of rotatable bonds is 5. The number of pyridine rings is 1. The Balaban J connectivity index is 1.37. The fraction of sp³-hybridized carbons (Fsp3) is 0.100. The van der Waals surface area contributed by atoms with E-state index in [0.29, 0.717) is 22.0 Å². The van der Waals surface area contributed by atoms with Gasteiger partial charge in [0.1, 0.15) is 0 Å². The highest BCUT2D eigenvalue weighted by molar-refractivity contribution is 6.31. The van der Waals surface area contributed by atoms with Crippen molar-refractivity contribution in [2.75, 3.05) is 0 Å². The third kappa shape index (κ3) is 3.84. The molecule has 8 nitrogen and oxygen atoms in total. The summed E-state index contributed by atoms with van der Waals surface area (Å²) < 4.78 is 30.2. The number of hydrogen-bond acceptors (Lipinski definition) is 7. The number of benzene rings is 2. The number of fused-ring (bicyclic) bond motifs is 1. The molecule has 5 rings (SSSR count). The monoisotopic (exact) mass is 439 g/mol. The first-order valence-corrected chi connectivity index (χ1v) is 9.47. The normalized spacial score (nSPS) is 11.5. The summed E-state index contributed by atoms with van der Waals surface area (Å²) in [5.74, 6) is -0.284. The van der Waals surface area contributed by atoms with Crippen molar-refractivity contribution in [2.45, 2.75) is 13.0 Å². The summed E-state index contributed by atoms with van der Waals surface area (Å²) in [6.45, 7) is 0.274. The summed E-state index contributed by atoms with van der Waals surface area (Å²) in [5, 5.41) is 22.0. The van der Waals surface area contributed by atoms with Gasteiger partial charge in [-0.2, -0.15) is 13.6 Å². The molecule has 0 unspecified atom stereocenters. The first-order chi connectivity index (χ1) is 15.1. The molecule has 31 heavy (non-hydrogen) atoms. The second kappa shape index (κ2) is 7.80. The molecule has 0 radical (unpaired) electrons. The Bertz CT molecular complexity index is 1390. The number of halogens is 3. The van der Waals surface area contributed by atoms with Crippen LogP contribution < -0.4 is 0 Å². The zero-order valence-electron chi connectivity index (χ0n) is 15.7. The molecule has 3 heterocycles. The molecule has 0 saturated heterocycles. The molecule has 5 aromatic rings. The van der Waals surface area contributed by atoms with Gasteiger partial charge >= 0.3 is 6.43 Å². The van der Waals surface area contributed by atoms with Crippen LogP contribution in [0.15, 0.2) is 59.3 Å². The van der Waals surface area contributed by atoms with Crippen LogP contribution in [-0.2, 0) is 6.54 Å². The first-order valence-electron chi connectivity index (χ1n) is 9.09. The summed E-state index contributed by atoms with van der Waals surface area (Å²) in [5.41, 5.74) is 1.98. The minimum absolute atomic E-state index is 0.0311. The lowest BCUT2D eigenvalue weighted by atomic mass is 10.1. The van der Waals surface area contributed by atoms with Gasteiger partial charge in [0.2, 0.25) is 11.7 Å². The van der Waals surface area contributed by atoms with Crippen LogP contribution >= 0.6 is 11.6 Å². The van der Waals surface area contributed by atoms with Gasteiger partial charge in [-0.25, -0.2) is 0 Å². The third-order valence-electron chi connectivity index (χ3n) is 4.59. The van der Waals surface area contributed by atoms with Crippen molar-refractivity contribution in [3.8, 4) is 22.8 Å². The van der Waals surface area contributed by atoms with Crippen LogP contribution in [0.25, 0.3) is 33.6 Å². The predicted octanol–water partition coefficient (Wildman–Crippen LogP) is 4.58. The Morgan fingerprint density at radius 3 is 2.65 bits per heavy atom. The highest BCUT2D eigenvalue weighted by Gasteiger charge is 2.18. The molecule has 11 heteroatoms. The molecule has 0 saturated carbocycles. The first kappa shape index (κ1) is 19.2. The molecular formula is C20H12ClF2N7O. The van der Waals surface area contributed by atoms with E-state index in [4.69, 9.17) is 16.0 Å². The van der Waals surface area contributed by atoms with E-state index in [0.717, 1.165) is 16.3 Å². The van der Waals surface area contributed by atoms with E-state index in [1.54, 1.807) is 30.6 Å². The summed E-state index contributed by atoms with van der Waals surface area (Å²) in [6, 6.07) is 12.7. The highest BCUT2D eigenvalue weighted by Crippen LogP contribution is 2.28. The summed E-state index contributed by atoms with van der Waals surface area (Å²) >= 11 is 6.35. The summed E-state index contributed by atoms with van der Waals surface area (Å²) in [6.07, 6.45) is 0.686. The third-order valence-corrected chi connectivity index (χ3v) is 4.94. The van der Waals surface area contributed by atoms with Crippen molar-refractivity contribution in [2.24, 2.45) is 0 Å². The molecule has 0 spiro atoms. The molecule has 2 aromatic carbocycles. The van der Waals surface area contributed by atoms with Crippen LogP contribution in [-0.4, -0.2) is 35.4 Å². The lowest BCUT2D eigenvalue weighted by molar-refractivity contribution is 0.116.